The molecule has 0 aliphatic carbocycles. The molecule has 31 heavy (non-hydrogen) atoms. The molecular weight excluding hydrogens is 439 g/mol. The van der Waals surface area contributed by atoms with Crippen molar-refractivity contribution >= 4 is 23.2 Å². The van der Waals surface area contributed by atoms with Gasteiger partial charge < -0.3 is 14.8 Å². The number of nitrogens with one attached hydrogen (secondary N) is 1. The van der Waals surface area contributed by atoms with E-state index in [1.165, 1.54) is 7.11 Å². The molecule has 164 valence electrons. The first-order valence-electron chi connectivity index (χ1n) is 8.93. The van der Waals surface area contributed by atoms with E-state index in [-0.39, 0.29) is 37.0 Å². The van der Waals surface area contributed by atoms with E-state index >= 15 is 0 Å². The van der Waals surface area contributed by atoms with Crippen LogP contribution in [-0.2, 0) is 22.3 Å². The Bertz CT molecular complexity index is 1040. The maximum Gasteiger partial charge on any atom is 0.416 e. The molecule has 0 saturated carbocycles. The number of ether oxygens (including phenoxy) is 2. The number of benzene rings is 2. The van der Waals surface area contributed by atoms with Crippen LogP contribution in [0.25, 0.3) is 11.4 Å². The smallest absolute Gasteiger partial charge is 0.416 e. The van der Waals surface area contributed by atoms with Gasteiger partial charge in [0.2, 0.25) is 11.7 Å². The molecule has 1 aromatic heterocycles. The van der Waals surface area contributed by atoms with Crippen molar-refractivity contribution in [3.63, 3.8) is 0 Å². The topological polar surface area (TPSA) is 91.2 Å². The van der Waals surface area contributed by atoms with Crippen LogP contribution in [0.4, 0.5) is 18.9 Å². The Morgan fingerprint density at radius 2 is 1.90 bits per heavy atom. The molecule has 0 radical (unpaired) electrons. The minimum Gasteiger partial charge on any atom is -0.489 e. The third-order valence-corrected chi connectivity index (χ3v) is 4.22. The van der Waals surface area contributed by atoms with Crippen LogP contribution in [-0.4, -0.2) is 46.4 Å². The molecule has 12 heteroatoms. The van der Waals surface area contributed by atoms with Gasteiger partial charge in [0, 0.05) is 17.7 Å². The Hall–Kier alpha value is -3.18. The number of carbonyl (C=O) groups is 1. The number of hydrogen-bond donors (Lipinski definition) is 1. The largest absolute Gasteiger partial charge is 0.489 e. The van der Waals surface area contributed by atoms with Crippen molar-refractivity contribution in [3.8, 4) is 17.1 Å². The fourth-order valence-corrected chi connectivity index (χ4v) is 2.63. The van der Waals surface area contributed by atoms with E-state index in [2.05, 4.69) is 20.7 Å². The fourth-order valence-electron chi connectivity index (χ4n) is 2.51. The third-order valence-electron chi connectivity index (χ3n) is 3.97. The first-order chi connectivity index (χ1) is 14.8. The van der Waals surface area contributed by atoms with Crippen LogP contribution in [0, 0.1) is 0 Å². The third kappa shape index (κ3) is 6.15. The van der Waals surface area contributed by atoms with Gasteiger partial charge in [0.25, 0.3) is 0 Å². The lowest BCUT2D eigenvalue weighted by molar-refractivity contribution is -0.137. The van der Waals surface area contributed by atoms with Crippen LogP contribution in [0.5, 0.6) is 5.75 Å². The van der Waals surface area contributed by atoms with Gasteiger partial charge in [0.15, 0.2) is 0 Å². The number of carbonyl (C=O) groups excluding carboxylic acids is 1. The Balaban J connectivity index is 1.73. The van der Waals surface area contributed by atoms with Crippen molar-refractivity contribution in [2.75, 3.05) is 25.6 Å². The molecule has 0 saturated heterocycles. The second kappa shape index (κ2) is 9.75. The zero-order valence-electron chi connectivity index (χ0n) is 16.2. The van der Waals surface area contributed by atoms with Gasteiger partial charge in [-0.15, -0.1) is 10.2 Å². The van der Waals surface area contributed by atoms with Crippen molar-refractivity contribution < 1.29 is 27.4 Å². The molecule has 0 atom stereocenters. The highest BCUT2D eigenvalue weighted by atomic mass is 35.5. The summed E-state index contributed by atoms with van der Waals surface area (Å²) in [5, 5.41) is 14.7. The van der Waals surface area contributed by atoms with Gasteiger partial charge in [-0.2, -0.15) is 18.0 Å². The number of methoxy groups -OCH3 is 1. The normalized spacial score (nSPS) is 11.4. The van der Waals surface area contributed by atoms with Crippen molar-refractivity contribution in [3.05, 3.63) is 53.1 Å². The lowest BCUT2D eigenvalue weighted by Gasteiger charge is -2.15. The molecule has 0 spiro atoms. The van der Waals surface area contributed by atoms with Crippen LogP contribution in [0.3, 0.4) is 0 Å². The van der Waals surface area contributed by atoms with Crippen LogP contribution in [0.15, 0.2) is 42.5 Å². The van der Waals surface area contributed by atoms with Gasteiger partial charge in [0.1, 0.15) is 18.9 Å². The summed E-state index contributed by atoms with van der Waals surface area (Å²) in [7, 11) is 1.46. The van der Waals surface area contributed by atoms with Gasteiger partial charge in [-0.25, -0.2) is 0 Å². The number of halogens is 4. The molecule has 2 aromatic carbocycles. The summed E-state index contributed by atoms with van der Waals surface area (Å²) >= 11 is 5.84. The minimum atomic E-state index is -4.58. The van der Waals surface area contributed by atoms with Gasteiger partial charge in [-0.05, 0) is 47.7 Å². The summed E-state index contributed by atoms with van der Waals surface area (Å²) in [4.78, 5) is 13.4. The molecule has 0 fully saturated rings. The average Bonchev–Trinajstić information content (AvgIpc) is 3.17. The highest BCUT2D eigenvalue weighted by Crippen LogP contribution is 2.35. The molecule has 1 heterocycles. The zero-order chi connectivity index (χ0) is 22.4. The standard InChI is InChI=1S/C19H17ClF3N5O3/c1-30-8-9-31-16-7-4-13(19(21,22)23)10-15(16)24-17(29)11-28-26-18(25-27-28)12-2-5-14(20)6-3-12/h2-7,10H,8-9,11H2,1H3,(H,24,29). The predicted octanol–water partition coefficient (Wildman–Crippen LogP) is 3.68. The molecule has 3 rings (SSSR count). The first kappa shape index (κ1) is 22.5. The summed E-state index contributed by atoms with van der Waals surface area (Å²) in [6.45, 7) is -0.0427. The summed E-state index contributed by atoms with van der Waals surface area (Å²) in [6.07, 6.45) is -4.58. The first-order valence-corrected chi connectivity index (χ1v) is 9.30. The summed E-state index contributed by atoms with van der Waals surface area (Å²) < 4.78 is 49.5. The molecule has 8 nitrogen and oxygen atoms in total. The van der Waals surface area contributed by atoms with Crippen molar-refractivity contribution in [1.82, 2.24) is 20.2 Å². The van der Waals surface area contributed by atoms with Crippen LogP contribution in [0.1, 0.15) is 5.56 Å². The van der Waals surface area contributed by atoms with Crippen molar-refractivity contribution in [2.45, 2.75) is 12.7 Å². The van der Waals surface area contributed by atoms with E-state index in [9.17, 15) is 18.0 Å². The second-order valence-electron chi connectivity index (χ2n) is 6.25. The Labute approximate surface area is 179 Å². The molecule has 0 aliphatic rings. The lowest BCUT2D eigenvalue weighted by atomic mass is 10.1. The van der Waals surface area contributed by atoms with E-state index in [1.54, 1.807) is 24.3 Å². The van der Waals surface area contributed by atoms with Crippen molar-refractivity contribution in [1.29, 1.82) is 0 Å². The SMILES string of the molecule is COCCOc1ccc(C(F)(F)F)cc1NC(=O)Cn1nnc(-c2ccc(Cl)cc2)n1. The number of anilines is 1. The minimum absolute atomic E-state index is 0.0757. The number of amides is 1. The number of aromatic nitrogens is 4. The van der Waals surface area contributed by atoms with E-state index in [0.29, 0.717) is 10.6 Å². The molecule has 1 N–H and O–H groups in total. The fraction of sp³-hybridized carbons (Fsp3) is 0.263. The van der Waals surface area contributed by atoms with E-state index in [0.717, 1.165) is 23.0 Å². The molecule has 0 bridgehead atoms. The Morgan fingerprint density at radius 1 is 1.16 bits per heavy atom. The predicted molar refractivity (Wildman–Crippen MR) is 106 cm³/mol. The van der Waals surface area contributed by atoms with Crippen LogP contribution in [0.2, 0.25) is 5.02 Å². The monoisotopic (exact) mass is 455 g/mol. The molecule has 3 aromatic rings. The summed E-state index contributed by atoms with van der Waals surface area (Å²) in [6, 6.07) is 9.50. The van der Waals surface area contributed by atoms with E-state index in [4.69, 9.17) is 21.1 Å². The Kier molecular flexibility index (Phi) is 7.08. The highest BCUT2D eigenvalue weighted by molar-refractivity contribution is 6.30. The molecule has 0 unspecified atom stereocenters. The summed E-state index contributed by atoms with van der Waals surface area (Å²) in [5.41, 5.74) is -0.414. The van der Waals surface area contributed by atoms with Gasteiger partial charge in [-0.1, -0.05) is 11.6 Å². The summed E-state index contributed by atoms with van der Waals surface area (Å²) in [5.74, 6) is -0.310. The zero-order valence-corrected chi connectivity index (χ0v) is 16.9. The number of alkyl halides is 3. The molecule has 1 amide bonds. The quantitative estimate of drug-likeness (QED) is 0.521. The Morgan fingerprint density at radius 3 is 2.58 bits per heavy atom. The maximum atomic E-state index is 13.1. The van der Waals surface area contributed by atoms with E-state index in [1.807, 2.05) is 0 Å². The van der Waals surface area contributed by atoms with Crippen LogP contribution >= 0.6 is 11.6 Å². The van der Waals surface area contributed by atoms with Crippen LogP contribution < -0.4 is 10.1 Å². The van der Waals surface area contributed by atoms with Crippen molar-refractivity contribution in [2.24, 2.45) is 0 Å². The number of rotatable bonds is 8. The van der Waals surface area contributed by atoms with E-state index < -0.39 is 17.6 Å². The molecule has 0 aliphatic heterocycles. The second-order valence-corrected chi connectivity index (χ2v) is 6.68. The van der Waals surface area contributed by atoms with Gasteiger partial charge in [0.05, 0.1) is 17.9 Å². The number of hydrogen-bond acceptors (Lipinski definition) is 6. The van der Waals surface area contributed by atoms with Gasteiger partial charge >= 0.3 is 6.18 Å². The maximum absolute atomic E-state index is 13.1. The number of tetrazole rings is 1. The lowest BCUT2D eigenvalue weighted by Crippen LogP contribution is -2.21. The van der Waals surface area contributed by atoms with Gasteiger partial charge in [-0.3, -0.25) is 4.79 Å². The average molecular weight is 456 g/mol. The molecular formula is C19H17ClF3N5O3. The number of nitrogens with zero attached hydrogens (tertiary/aromatic N) is 4. The highest BCUT2D eigenvalue weighted by Gasteiger charge is 2.31.